The van der Waals surface area contributed by atoms with E-state index in [4.69, 9.17) is 5.73 Å². The summed E-state index contributed by atoms with van der Waals surface area (Å²) in [6.45, 7) is 5.64. The van der Waals surface area contributed by atoms with Gasteiger partial charge >= 0.3 is 0 Å². The van der Waals surface area contributed by atoms with Crippen LogP contribution in [0.5, 0.6) is 0 Å². The second-order valence-electron chi connectivity index (χ2n) is 4.73. The highest BCUT2D eigenvalue weighted by atomic mass is 32.2. The van der Waals surface area contributed by atoms with E-state index in [9.17, 15) is 8.42 Å². The molecular weight excluding hydrogens is 274 g/mol. The van der Waals surface area contributed by atoms with Crippen molar-refractivity contribution in [2.45, 2.75) is 31.6 Å². The van der Waals surface area contributed by atoms with Crippen LogP contribution < -0.4 is 15.8 Å². The molecule has 0 aliphatic carbocycles. The highest BCUT2D eigenvalue weighted by Gasteiger charge is 2.17. The molecule has 1 aromatic carbocycles. The van der Waals surface area contributed by atoms with Crippen LogP contribution in [0.4, 0.5) is 5.69 Å². The third kappa shape index (κ3) is 4.77. The first-order chi connectivity index (χ1) is 9.55. The molecule has 0 radical (unpaired) electrons. The molecule has 1 rings (SSSR count). The Kier molecular flexibility index (Phi) is 6.98. The summed E-state index contributed by atoms with van der Waals surface area (Å²) in [5.74, 6) is 0.454. The summed E-state index contributed by atoms with van der Waals surface area (Å²) in [5.41, 5.74) is 6.22. The van der Waals surface area contributed by atoms with Gasteiger partial charge in [0, 0.05) is 13.1 Å². The monoisotopic (exact) mass is 299 g/mol. The highest BCUT2D eigenvalue weighted by molar-refractivity contribution is 7.89. The molecule has 0 spiro atoms. The highest BCUT2D eigenvalue weighted by Crippen LogP contribution is 2.21. The van der Waals surface area contributed by atoms with Gasteiger partial charge in [0.25, 0.3) is 0 Å². The van der Waals surface area contributed by atoms with Crippen LogP contribution in [0.2, 0.25) is 0 Å². The molecule has 20 heavy (non-hydrogen) atoms. The number of anilines is 1. The van der Waals surface area contributed by atoms with Crippen LogP contribution in [0, 0.1) is 5.92 Å². The fourth-order valence-electron chi connectivity index (χ4n) is 2.06. The molecular formula is C14H25N3O2S. The van der Waals surface area contributed by atoms with Gasteiger partial charge in [0.05, 0.1) is 5.69 Å². The molecule has 5 nitrogen and oxygen atoms in total. The minimum Gasteiger partial charge on any atom is -0.384 e. The zero-order chi connectivity index (χ0) is 15.0. The van der Waals surface area contributed by atoms with E-state index in [0.29, 0.717) is 29.6 Å². The zero-order valence-electron chi connectivity index (χ0n) is 12.2. The molecule has 0 saturated heterocycles. The lowest BCUT2D eigenvalue weighted by Crippen LogP contribution is -2.25. The summed E-state index contributed by atoms with van der Waals surface area (Å²) in [4.78, 5) is 0.296. The first kappa shape index (κ1) is 16.9. The SMILES string of the molecule is CCNS(=O)(=O)c1ccccc1NCC(CC)CCN. The molecule has 4 N–H and O–H groups in total. The van der Waals surface area contributed by atoms with Gasteiger partial charge in [0.15, 0.2) is 0 Å². The number of sulfonamides is 1. The molecule has 0 bridgehead atoms. The molecule has 1 unspecified atom stereocenters. The van der Waals surface area contributed by atoms with Crippen molar-refractivity contribution in [3.63, 3.8) is 0 Å². The molecule has 0 fully saturated rings. The fourth-order valence-corrected chi connectivity index (χ4v) is 3.28. The van der Waals surface area contributed by atoms with Crippen LogP contribution >= 0.6 is 0 Å². The summed E-state index contributed by atoms with van der Waals surface area (Å²) in [6.07, 6.45) is 1.96. The maximum atomic E-state index is 12.1. The van der Waals surface area contributed by atoms with Crippen molar-refractivity contribution in [1.29, 1.82) is 0 Å². The fraction of sp³-hybridized carbons (Fsp3) is 0.571. The van der Waals surface area contributed by atoms with E-state index < -0.39 is 10.0 Å². The number of nitrogens with two attached hydrogens (primary N) is 1. The quantitative estimate of drug-likeness (QED) is 0.649. The largest absolute Gasteiger partial charge is 0.384 e. The predicted molar refractivity (Wildman–Crippen MR) is 83.2 cm³/mol. The zero-order valence-corrected chi connectivity index (χ0v) is 13.0. The second kappa shape index (κ2) is 8.24. The lowest BCUT2D eigenvalue weighted by molar-refractivity contribution is 0.501. The van der Waals surface area contributed by atoms with Crippen LogP contribution in [-0.2, 0) is 10.0 Å². The Balaban J connectivity index is 2.86. The molecule has 1 atom stereocenters. The molecule has 1 aromatic rings. The maximum Gasteiger partial charge on any atom is 0.242 e. The standard InChI is InChI=1S/C14H25N3O2S/c1-3-12(9-10-15)11-16-13-7-5-6-8-14(13)20(18,19)17-4-2/h5-8,12,16-17H,3-4,9-11,15H2,1-2H3. The van der Waals surface area contributed by atoms with Gasteiger partial charge in [-0.15, -0.1) is 0 Å². The van der Waals surface area contributed by atoms with E-state index in [0.717, 1.165) is 19.4 Å². The minimum atomic E-state index is -3.45. The van der Waals surface area contributed by atoms with Gasteiger partial charge in [-0.3, -0.25) is 0 Å². The van der Waals surface area contributed by atoms with Crippen LogP contribution in [0.25, 0.3) is 0 Å². The summed E-state index contributed by atoms with van der Waals surface area (Å²) in [7, 11) is -3.45. The number of para-hydroxylation sites is 1. The Hall–Kier alpha value is -1.11. The minimum absolute atomic E-state index is 0.296. The lowest BCUT2D eigenvalue weighted by atomic mass is 10.0. The first-order valence-electron chi connectivity index (χ1n) is 7.07. The number of hydrogen-bond acceptors (Lipinski definition) is 4. The van der Waals surface area contributed by atoms with Crippen molar-refractivity contribution in [2.75, 3.05) is 25.0 Å². The number of benzene rings is 1. The van der Waals surface area contributed by atoms with Crippen molar-refractivity contribution >= 4 is 15.7 Å². The topological polar surface area (TPSA) is 84.2 Å². The van der Waals surface area contributed by atoms with E-state index in [1.54, 1.807) is 25.1 Å². The Morgan fingerprint density at radius 3 is 2.55 bits per heavy atom. The summed E-state index contributed by atoms with van der Waals surface area (Å²) in [5, 5.41) is 3.24. The van der Waals surface area contributed by atoms with Gasteiger partial charge in [-0.25, -0.2) is 13.1 Å². The molecule has 0 aromatic heterocycles. The Morgan fingerprint density at radius 2 is 1.95 bits per heavy atom. The van der Waals surface area contributed by atoms with E-state index in [1.165, 1.54) is 0 Å². The Morgan fingerprint density at radius 1 is 1.25 bits per heavy atom. The van der Waals surface area contributed by atoms with Gasteiger partial charge in [-0.2, -0.15) is 0 Å². The van der Waals surface area contributed by atoms with Crippen LogP contribution in [0.3, 0.4) is 0 Å². The van der Waals surface area contributed by atoms with Crippen LogP contribution in [0.15, 0.2) is 29.2 Å². The van der Waals surface area contributed by atoms with Gasteiger partial charge in [0.2, 0.25) is 10.0 Å². The molecule has 114 valence electrons. The van der Waals surface area contributed by atoms with Crippen LogP contribution in [-0.4, -0.2) is 28.1 Å². The molecule has 6 heteroatoms. The average molecular weight is 299 g/mol. The van der Waals surface area contributed by atoms with Crippen molar-refractivity contribution in [2.24, 2.45) is 11.7 Å². The number of hydrogen-bond donors (Lipinski definition) is 3. The molecule has 0 aliphatic heterocycles. The maximum absolute atomic E-state index is 12.1. The number of nitrogens with one attached hydrogen (secondary N) is 2. The average Bonchev–Trinajstić information content (AvgIpc) is 2.43. The lowest BCUT2D eigenvalue weighted by Gasteiger charge is -2.17. The third-order valence-electron chi connectivity index (χ3n) is 3.24. The Labute approximate surface area is 122 Å². The third-order valence-corrected chi connectivity index (χ3v) is 4.85. The normalized spacial score (nSPS) is 13.2. The van der Waals surface area contributed by atoms with Gasteiger partial charge in [-0.05, 0) is 31.0 Å². The predicted octanol–water partition coefficient (Wildman–Crippen LogP) is 1.77. The smallest absolute Gasteiger partial charge is 0.242 e. The van der Waals surface area contributed by atoms with Crippen molar-refractivity contribution in [3.8, 4) is 0 Å². The van der Waals surface area contributed by atoms with Gasteiger partial charge in [-0.1, -0.05) is 32.4 Å². The summed E-state index contributed by atoms with van der Waals surface area (Å²) in [6, 6.07) is 6.97. The van der Waals surface area contributed by atoms with E-state index >= 15 is 0 Å². The van der Waals surface area contributed by atoms with Crippen molar-refractivity contribution < 1.29 is 8.42 Å². The number of rotatable bonds is 9. The Bertz CT molecular complexity index is 503. The summed E-state index contributed by atoms with van der Waals surface area (Å²) >= 11 is 0. The van der Waals surface area contributed by atoms with Crippen LogP contribution in [0.1, 0.15) is 26.7 Å². The summed E-state index contributed by atoms with van der Waals surface area (Å²) < 4.78 is 26.8. The second-order valence-corrected chi connectivity index (χ2v) is 6.47. The van der Waals surface area contributed by atoms with E-state index in [2.05, 4.69) is 17.0 Å². The van der Waals surface area contributed by atoms with Gasteiger partial charge < -0.3 is 11.1 Å². The molecule has 0 amide bonds. The van der Waals surface area contributed by atoms with Crippen molar-refractivity contribution in [3.05, 3.63) is 24.3 Å². The molecule has 0 saturated carbocycles. The molecule has 0 aliphatic rings. The van der Waals surface area contributed by atoms with Gasteiger partial charge in [0.1, 0.15) is 4.90 Å². The first-order valence-corrected chi connectivity index (χ1v) is 8.56. The molecule has 0 heterocycles. The van der Waals surface area contributed by atoms with Crippen molar-refractivity contribution in [1.82, 2.24) is 4.72 Å². The van der Waals surface area contributed by atoms with E-state index in [-0.39, 0.29) is 0 Å². The van der Waals surface area contributed by atoms with E-state index in [1.807, 2.05) is 6.07 Å².